The van der Waals surface area contributed by atoms with Crippen molar-refractivity contribution in [3.05, 3.63) is 0 Å². The molecule has 0 aromatic heterocycles. The van der Waals surface area contributed by atoms with Gasteiger partial charge in [-0.25, -0.2) is 0 Å². The molecule has 8 atom stereocenters. The van der Waals surface area contributed by atoms with Crippen molar-refractivity contribution in [2.75, 3.05) is 13.2 Å². The third kappa shape index (κ3) is 40.1. The Morgan fingerprint density at radius 2 is 0.704 bits per heavy atom. The molecule has 1 heterocycles. The highest BCUT2D eigenvalue weighted by molar-refractivity contribution is 5.80. The van der Waals surface area contributed by atoms with Gasteiger partial charge in [0.2, 0.25) is 5.91 Å². The van der Waals surface area contributed by atoms with Crippen LogP contribution in [0.3, 0.4) is 0 Å². The number of aliphatic hydroxyl groups excluding tert-OH is 6. The van der Waals surface area contributed by atoms with Gasteiger partial charge < -0.3 is 45.4 Å². The second kappa shape index (κ2) is 51.3. The molecule has 424 valence electrons. The number of hydrogen-bond acceptors (Lipinski definition) is 9. The van der Waals surface area contributed by atoms with E-state index in [0.29, 0.717) is 12.8 Å². The number of hydrogen-bond donors (Lipinski definition) is 7. The molecule has 0 saturated carbocycles. The summed E-state index contributed by atoms with van der Waals surface area (Å²) in [5, 5.41) is 65.3. The topological polar surface area (TPSA) is 169 Å². The molecule has 1 aliphatic heterocycles. The zero-order chi connectivity index (χ0) is 51.7. The summed E-state index contributed by atoms with van der Waals surface area (Å²) in [5.41, 5.74) is 0. The van der Waals surface area contributed by atoms with Crippen molar-refractivity contribution in [3.8, 4) is 0 Å². The molecular formula is C61H121NO9. The first-order valence-corrected chi connectivity index (χ1v) is 31.3. The largest absolute Gasteiger partial charge is 0.394 e. The SMILES string of the molecule is CCCCCCCCCCCCCCCCCCCCCCCCCCCCCCCC(O)C(=O)NC(COC1OC(CO)C(O)C(O)C1O)C(O)CCCCCCCCCCCCCCCCCCC. The van der Waals surface area contributed by atoms with E-state index in [9.17, 15) is 35.4 Å². The molecule has 0 spiro atoms. The van der Waals surface area contributed by atoms with Crippen molar-refractivity contribution < 1.29 is 44.9 Å². The van der Waals surface area contributed by atoms with Crippen LogP contribution in [0, 0.1) is 0 Å². The van der Waals surface area contributed by atoms with Crippen LogP contribution in [0.2, 0.25) is 0 Å². The molecule has 1 fully saturated rings. The second-order valence-corrected chi connectivity index (χ2v) is 22.4. The molecule has 0 aromatic carbocycles. The average Bonchev–Trinajstić information content (AvgIpc) is 3.37. The predicted molar refractivity (Wildman–Crippen MR) is 297 cm³/mol. The van der Waals surface area contributed by atoms with Gasteiger partial charge in [-0.15, -0.1) is 0 Å². The Bertz CT molecular complexity index is 1100. The molecule has 0 aliphatic carbocycles. The maximum absolute atomic E-state index is 13.2. The van der Waals surface area contributed by atoms with Crippen LogP contribution in [0.15, 0.2) is 0 Å². The lowest BCUT2D eigenvalue weighted by atomic mass is 9.99. The average molecular weight is 1010 g/mol. The Morgan fingerprint density at radius 3 is 1.00 bits per heavy atom. The van der Waals surface area contributed by atoms with Crippen molar-refractivity contribution in [3.63, 3.8) is 0 Å². The van der Waals surface area contributed by atoms with Gasteiger partial charge in [-0.05, 0) is 12.8 Å². The number of nitrogens with one attached hydrogen (secondary N) is 1. The summed E-state index contributed by atoms with van der Waals surface area (Å²) >= 11 is 0. The smallest absolute Gasteiger partial charge is 0.249 e. The minimum atomic E-state index is -1.59. The van der Waals surface area contributed by atoms with Crippen LogP contribution in [-0.4, -0.2) is 98.7 Å². The van der Waals surface area contributed by atoms with Crippen LogP contribution in [0.1, 0.15) is 322 Å². The highest BCUT2D eigenvalue weighted by atomic mass is 16.7. The Labute approximate surface area is 438 Å². The molecule has 8 unspecified atom stereocenters. The number of carbonyl (C=O) groups excluding carboxylic acids is 1. The van der Waals surface area contributed by atoms with Crippen LogP contribution in [0.25, 0.3) is 0 Å². The number of aliphatic hydroxyl groups is 6. The minimum absolute atomic E-state index is 0.249. The molecule has 1 aliphatic rings. The maximum Gasteiger partial charge on any atom is 0.249 e. The van der Waals surface area contributed by atoms with E-state index in [2.05, 4.69) is 19.2 Å². The fourth-order valence-corrected chi connectivity index (χ4v) is 10.5. The molecule has 10 nitrogen and oxygen atoms in total. The van der Waals surface area contributed by atoms with E-state index in [1.165, 1.54) is 257 Å². The van der Waals surface area contributed by atoms with E-state index >= 15 is 0 Å². The Hall–Kier alpha value is -0.850. The molecular weight excluding hydrogens is 891 g/mol. The van der Waals surface area contributed by atoms with Crippen LogP contribution in [-0.2, 0) is 14.3 Å². The van der Waals surface area contributed by atoms with Gasteiger partial charge in [0.05, 0.1) is 25.4 Å². The third-order valence-corrected chi connectivity index (χ3v) is 15.6. The number of rotatable bonds is 55. The zero-order valence-corrected chi connectivity index (χ0v) is 46.9. The van der Waals surface area contributed by atoms with Gasteiger partial charge in [0.15, 0.2) is 6.29 Å². The number of ether oxygens (including phenoxy) is 2. The van der Waals surface area contributed by atoms with E-state index in [-0.39, 0.29) is 6.61 Å². The van der Waals surface area contributed by atoms with Crippen LogP contribution in [0.5, 0.6) is 0 Å². The lowest BCUT2D eigenvalue weighted by Gasteiger charge is -2.40. The molecule has 0 bridgehead atoms. The molecule has 1 rings (SSSR count). The van der Waals surface area contributed by atoms with Crippen molar-refractivity contribution in [1.82, 2.24) is 5.32 Å². The van der Waals surface area contributed by atoms with Crippen LogP contribution < -0.4 is 5.32 Å². The standard InChI is InChI=1S/C61H121NO9/c1-3-5-7-9-11-13-15-17-19-21-22-23-24-25-26-27-28-29-30-31-32-34-36-38-40-42-44-46-48-50-55(65)60(69)62-53(52-70-61-59(68)58(67)57(66)56(51-63)71-61)54(64)49-47-45-43-41-39-37-35-33-20-18-16-14-12-10-8-6-4-2/h53-59,61,63-68H,3-52H2,1-2H3,(H,62,69). The molecule has 0 radical (unpaired) electrons. The second-order valence-electron chi connectivity index (χ2n) is 22.4. The maximum atomic E-state index is 13.2. The molecule has 7 N–H and O–H groups in total. The fourth-order valence-electron chi connectivity index (χ4n) is 10.5. The summed E-state index contributed by atoms with van der Waals surface area (Å²) in [4.78, 5) is 13.2. The van der Waals surface area contributed by atoms with Gasteiger partial charge in [-0.3, -0.25) is 4.79 Å². The Kier molecular flexibility index (Phi) is 49.2. The van der Waals surface area contributed by atoms with Crippen LogP contribution >= 0.6 is 0 Å². The van der Waals surface area contributed by atoms with Gasteiger partial charge in [0.1, 0.15) is 30.5 Å². The summed E-state index contributed by atoms with van der Waals surface area (Å²) in [6, 6.07) is -0.890. The quantitative estimate of drug-likeness (QED) is 0.0293. The van der Waals surface area contributed by atoms with Gasteiger partial charge in [0, 0.05) is 0 Å². The van der Waals surface area contributed by atoms with Crippen molar-refractivity contribution in [2.24, 2.45) is 0 Å². The normalized spacial score (nSPS) is 19.6. The Morgan fingerprint density at radius 1 is 0.423 bits per heavy atom. The first-order chi connectivity index (χ1) is 34.8. The zero-order valence-electron chi connectivity index (χ0n) is 46.9. The summed E-state index contributed by atoms with van der Waals surface area (Å²) in [7, 11) is 0. The van der Waals surface area contributed by atoms with Gasteiger partial charge >= 0.3 is 0 Å². The number of unbranched alkanes of at least 4 members (excludes halogenated alkanes) is 44. The highest BCUT2D eigenvalue weighted by Gasteiger charge is 2.44. The van der Waals surface area contributed by atoms with E-state index in [0.717, 1.165) is 38.5 Å². The number of carbonyl (C=O) groups is 1. The van der Waals surface area contributed by atoms with Gasteiger partial charge in [0.25, 0.3) is 0 Å². The summed E-state index contributed by atoms with van der Waals surface area (Å²) < 4.78 is 11.3. The summed E-state index contributed by atoms with van der Waals surface area (Å²) in [6.45, 7) is 3.73. The van der Waals surface area contributed by atoms with E-state index < -0.39 is 61.5 Å². The van der Waals surface area contributed by atoms with Crippen LogP contribution in [0.4, 0.5) is 0 Å². The van der Waals surface area contributed by atoms with Gasteiger partial charge in [-0.2, -0.15) is 0 Å². The summed E-state index contributed by atoms with van der Waals surface area (Å²) in [6.07, 6.45) is 51.8. The van der Waals surface area contributed by atoms with Crippen molar-refractivity contribution in [1.29, 1.82) is 0 Å². The highest BCUT2D eigenvalue weighted by Crippen LogP contribution is 2.24. The summed E-state index contributed by atoms with van der Waals surface area (Å²) in [5.74, 6) is -0.575. The van der Waals surface area contributed by atoms with E-state index in [1.807, 2.05) is 0 Å². The molecule has 71 heavy (non-hydrogen) atoms. The van der Waals surface area contributed by atoms with Crippen molar-refractivity contribution >= 4 is 5.91 Å². The Balaban J connectivity index is 2.16. The number of amides is 1. The lowest BCUT2D eigenvalue weighted by Crippen LogP contribution is -2.60. The first-order valence-electron chi connectivity index (χ1n) is 31.3. The predicted octanol–water partition coefficient (Wildman–Crippen LogP) is 14.8. The minimum Gasteiger partial charge on any atom is -0.394 e. The first kappa shape index (κ1) is 68.2. The molecule has 10 heteroatoms. The van der Waals surface area contributed by atoms with E-state index in [4.69, 9.17) is 9.47 Å². The molecule has 1 amide bonds. The lowest BCUT2D eigenvalue weighted by molar-refractivity contribution is -0.302. The van der Waals surface area contributed by atoms with Gasteiger partial charge in [-0.1, -0.05) is 309 Å². The molecule has 0 aromatic rings. The fraction of sp³-hybridized carbons (Fsp3) is 0.984. The monoisotopic (exact) mass is 1010 g/mol. The van der Waals surface area contributed by atoms with E-state index in [1.54, 1.807) is 0 Å². The molecule has 1 saturated heterocycles. The van der Waals surface area contributed by atoms with Crippen molar-refractivity contribution in [2.45, 2.75) is 371 Å². The third-order valence-electron chi connectivity index (χ3n) is 15.6.